The molecule has 0 atom stereocenters. The van der Waals surface area contributed by atoms with Crippen LogP contribution in [0.25, 0.3) is 0 Å². The van der Waals surface area contributed by atoms with E-state index >= 15 is 0 Å². The van der Waals surface area contributed by atoms with Crippen molar-refractivity contribution in [2.75, 3.05) is 6.61 Å². The maximum atomic E-state index is 11.6. The highest BCUT2D eigenvalue weighted by atomic mass is 16.6. The number of pyridine rings is 1. The molecule has 0 saturated carbocycles. The third-order valence-electron chi connectivity index (χ3n) is 3.11. The van der Waals surface area contributed by atoms with Crippen molar-refractivity contribution in [3.05, 3.63) is 68.1 Å². The quantitative estimate of drug-likeness (QED) is 0.625. The van der Waals surface area contributed by atoms with Gasteiger partial charge in [-0.3, -0.25) is 14.9 Å². The molecule has 0 radical (unpaired) electrons. The number of ether oxygens (including phenoxy) is 1. The lowest BCUT2D eigenvalue weighted by Gasteiger charge is -2.11. The molecule has 6 heteroatoms. The molecule has 0 bridgehead atoms. The molecular formula is C15H16N2O4. The number of aryl methyl sites for hydroxylation is 2. The molecule has 0 aliphatic carbocycles. The van der Waals surface area contributed by atoms with E-state index in [9.17, 15) is 14.9 Å². The van der Waals surface area contributed by atoms with E-state index in [4.69, 9.17) is 4.74 Å². The van der Waals surface area contributed by atoms with E-state index in [-0.39, 0.29) is 24.4 Å². The lowest BCUT2D eigenvalue weighted by Crippen LogP contribution is -2.22. The number of hydrogen-bond donors (Lipinski definition) is 0. The smallest absolute Gasteiger partial charge is 0.285 e. The molecule has 0 unspecified atom stereocenters. The van der Waals surface area contributed by atoms with Gasteiger partial charge in [0.05, 0.1) is 17.7 Å². The lowest BCUT2D eigenvalue weighted by atomic mass is 10.1. The van der Waals surface area contributed by atoms with Crippen molar-refractivity contribution in [1.82, 2.24) is 4.57 Å². The standard InChI is InChI=1S/C15H16N2O4/c1-11-3-4-12(2)14(9-11)21-8-7-16-10-13(17(19)20)5-6-15(16)18/h3-6,9-10H,7-8H2,1-2H3. The molecule has 110 valence electrons. The van der Waals surface area contributed by atoms with Crippen LogP contribution >= 0.6 is 0 Å². The molecule has 2 aromatic rings. The zero-order valence-corrected chi connectivity index (χ0v) is 11.9. The SMILES string of the molecule is Cc1ccc(C)c(OCCn2cc([N+](=O)[O-])ccc2=O)c1. The highest BCUT2D eigenvalue weighted by Gasteiger charge is 2.08. The second-order valence-electron chi connectivity index (χ2n) is 4.79. The molecule has 0 fully saturated rings. The summed E-state index contributed by atoms with van der Waals surface area (Å²) in [6.07, 6.45) is 1.23. The van der Waals surface area contributed by atoms with Gasteiger partial charge in [0, 0.05) is 12.1 Å². The Bertz CT molecular complexity index is 722. The minimum absolute atomic E-state index is 0.110. The fourth-order valence-electron chi connectivity index (χ4n) is 1.92. The monoisotopic (exact) mass is 288 g/mol. The van der Waals surface area contributed by atoms with Crippen molar-refractivity contribution in [2.24, 2.45) is 0 Å². The average Bonchev–Trinajstić information content (AvgIpc) is 2.44. The lowest BCUT2D eigenvalue weighted by molar-refractivity contribution is -0.385. The number of rotatable bonds is 5. The highest BCUT2D eigenvalue weighted by Crippen LogP contribution is 2.19. The fraction of sp³-hybridized carbons (Fsp3) is 0.267. The summed E-state index contributed by atoms with van der Waals surface area (Å²) in [7, 11) is 0. The summed E-state index contributed by atoms with van der Waals surface area (Å²) in [5.41, 5.74) is 1.70. The minimum atomic E-state index is -0.526. The van der Waals surface area contributed by atoms with E-state index in [1.165, 1.54) is 22.9 Å². The third-order valence-corrected chi connectivity index (χ3v) is 3.11. The summed E-state index contributed by atoms with van der Waals surface area (Å²) in [6.45, 7) is 4.44. The Morgan fingerprint density at radius 1 is 1.24 bits per heavy atom. The Kier molecular flexibility index (Phi) is 4.37. The van der Waals surface area contributed by atoms with Gasteiger partial charge in [-0.15, -0.1) is 0 Å². The van der Waals surface area contributed by atoms with Gasteiger partial charge in [-0.05, 0) is 31.0 Å². The first-order chi connectivity index (χ1) is 9.97. The van der Waals surface area contributed by atoms with E-state index in [1.807, 2.05) is 32.0 Å². The van der Waals surface area contributed by atoms with Crippen LogP contribution in [0.4, 0.5) is 5.69 Å². The second-order valence-corrected chi connectivity index (χ2v) is 4.79. The largest absolute Gasteiger partial charge is 0.491 e. The number of benzene rings is 1. The summed E-state index contributed by atoms with van der Waals surface area (Å²) in [5, 5.41) is 10.7. The molecule has 0 N–H and O–H groups in total. The van der Waals surface area contributed by atoms with Crippen LogP contribution in [0, 0.1) is 24.0 Å². The van der Waals surface area contributed by atoms with Crippen LogP contribution in [0.1, 0.15) is 11.1 Å². The maximum Gasteiger partial charge on any atom is 0.285 e. The van der Waals surface area contributed by atoms with Crippen molar-refractivity contribution < 1.29 is 9.66 Å². The molecule has 1 aromatic heterocycles. The van der Waals surface area contributed by atoms with Gasteiger partial charge < -0.3 is 9.30 Å². The number of nitrogens with zero attached hydrogens (tertiary/aromatic N) is 2. The van der Waals surface area contributed by atoms with Crippen LogP contribution in [-0.4, -0.2) is 16.1 Å². The van der Waals surface area contributed by atoms with Gasteiger partial charge in [0.25, 0.3) is 11.2 Å². The first kappa shape index (κ1) is 14.8. The van der Waals surface area contributed by atoms with Crippen LogP contribution in [0.5, 0.6) is 5.75 Å². The van der Waals surface area contributed by atoms with Crippen molar-refractivity contribution in [1.29, 1.82) is 0 Å². The number of aromatic nitrogens is 1. The highest BCUT2D eigenvalue weighted by molar-refractivity contribution is 5.35. The molecule has 0 spiro atoms. The van der Waals surface area contributed by atoms with Gasteiger partial charge in [0.1, 0.15) is 12.4 Å². The molecule has 6 nitrogen and oxygen atoms in total. The van der Waals surface area contributed by atoms with Gasteiger partial charge in [-0.2, -0.15) is 0 Å². The Morgan fingerprint density at radius 2 is 2.00 bits per heavy atom. The zero-order valence-electron chi connectivity index (χ0n) is 11.9. The van der Waals surface area contributed by atoms with E-state index in [1.54, 1.807) is 0 Å². The third kappa shape index (κ3) is 3.68. The van der Waals surface area contributed by atoms with Crippen LogP contribution in [0.3, 0.4) is 0 Å². The van der Waals surface area contributed by atoms with Crippen LogP contribution in [0.15, 0.2) is 41.3 Å². The second kappa shape index (κ2) is 6.21. The Balaban J connectivity index is 2.06. The van der Waals surface area contributed by atoms with Gasteiger partial charge in [0.2, 0.25) is 0 Å². The van der Waals surface area contributed by atoms with Gasteiger partial charge >= 0.3 is 0 Å². The predicted octanol–water partition coefficient (Wildman–Crippen LogP) is 2.45. The van der Waals surface area contributed by atoms with Gasteiger partial charge in [-0.25, -0.2) is 0 Å². The van der Waals surface area contributed by atoms with E-state index in [0.717, 1.165) is 16.9 Å². The summed E-state index contributed by atoms with van der Waals surface area (Å²) in [6, 6.07) is 8.27. The normalized spacial score (nSPS) is 10.4. The zero-order chi connectivity index (χ0) is 15.4. The topological polar surface area (TPSA) is 74.4 Å². The molecular weight excluding hydrogens is 272 g/mol. The number of hydrogen-bond acceptors (Lipinski definition) is 4. The molecule has 0 aliphatic rings. The molecule has 2 rings (SSSR count). The molecule has 0 amide bonds. The molecule has 0 aliphatic heterocycles. The Hall–Kier alpha value is -2.63. The van der Waals surface area contributed by atoms with Crippen molar-refractivity contribution in [3.8, 4) is 5.75 Å². The Labute approximate surface area is 121 Å². The average molecular weight is 288 g/mol. The van der Waals surface area contributed by atoms with E-state index in [0.29, 0.717) is 0 Å². The molecule has 21 heavy (non-hydrogen) atoms. The summed E-state index contributed by atoms with van der Waals surface area (Å²) in [4.78, 5) is 21.8. The van der Waals surface area contributed by atoms with Crippen molar-refractivity contribution in [3.63, 3.8) is 0 Å². The Morgan fingerprint density at radius 3 is 2.71 bits per heavy atom. The summed E-state index contributed by atoms with van der Waals surface area (Å²) < 4.78 is 6.93. The van der Waals surface area contributed by atoms with E-state index in [2.05, 4.69) is 0 Å². The maximum absolute atomic E-state index is 11.6. The van der Waals surface area contributed by atoms with Gasteiger partial charge in [-0.1, -0.05) is 12.1 Å². The fourth-order valence-corrected chi connectivity index (χ4v) is 1.92. The molecule has 1 aromatic carbocycles. The first-order valence-electron chi connectivity index (χ1n) is 6.52. The minimum Gasteiger partial charge on any atom is -0.491 e. The van der Waals surface area contributed by atoms with Crippen LogP contribution in [0.2, 0.25) is 0 Å². The molecule has 1 heterocycles. The first-order valence-corrected chi connectivity index (χ1v) is 6.52. The van der Waals surface area contributed by atoms with Crippen molar-refractivity contribution in [2.45, 2.75) is 20.4 Å². The predicted molar refractivity (Wildman–Crippen MR) is 78.8 cm³/mol. The van der Waals surface area contributed by atoms with Crippen LogP contribution in [-0.2, 0) is 6.54 Å². The molecule has 0 saturated heterocycles. The van der Waals surface area contributed by atoms with E-state index < -0.39 is 4.92 Å². The summed E-state index contributed by atoms with van der Waals surface area (Å²) in [5.74, 6) is 0.758. The number of nitro groups is 1. The van der Waals surface area contributed by atoms with Crippen molar-refractivity contribution >= 4 is 5.69 Å². The van der Waals surface area contributed by atoms with Crippen LogP contribution < -0.4 is 10.3 Å². The summed E-state index contributed by atoms with van der Waals surface area (Å²) >= 11 is 0. The van der Waals surface area contributed by atoms with Gasteiger partial charge in [0.15, 0.2) is 0 Å².